The second-order valence-corrected chi connectivity index (χ2v) is 9.97. The summed E-state index contributed by atoms with van der Waals surface area (Å²) in [6, 6.07) is 7.21. The number of hydrogen-bond donors (Lipinski definition) is 1. The summed E-state index contributed by atoms with van der Waals surface area (Å²) in [5, 5.41) is 3.55. The average Bonchev–Trinajstić information content (AvgIpc) is 3.04. The van der Waals surface area contributed by atoms with E-state index < -0.39 is 0 Å². The predicted octanol–water partition coefficient (Wildman–Crippen LogP) is 6.09. The molecule has 1 aliphatic carbocycles. The summed E-state index contributed by atoms with van der Waals surface area (Å²) in [5.74, 6) is -0.0338. The summed E-state index contributed by atoms with van der Waals surface area (Å²) in [4.78, 5) is 26.4. The van der Waals surface area contributed by atoms with Gasteiger partial charge in [-0.25, -0.2) is 4.79 Å². The third kappa shape index (κ3) is 4.18. The van der Waals surface area contributed by atoms with Gasteiger partial charge in [0.2, 0.25) is 0 Å². The molecule has 1 atom stereocenters. The average molecular weight is 464 g/mol. The van der Waals surface area contributed by atoms with Crippen molar-refractivity contribution in [1.29, 1.82) is 0 Å². The number of hydrogen-bond acceptors (Lipinski definition) is 4. The van der Waals surface area contributed by atoms with Gasteiger partial charge in [-0.05, 0) is 54.4 Å². The number of ether oxygens (including phenoxy) is 1. The molecule has 3 rings (SSSR count). The standard InChI is InChI=1S/C22H26BrNO3S/c1-5-22(2,3)14-9-10-16-17(12-14)28-20(18(16)21(26)27-4)24-19(25)13-7-6-8-15(23)11-13/h6-8,11,14H,5,9-10,12H2,1-4H3,(H,24,25). The number of rotatable bonds is 5. The molecule has 1 heterocycles. The van der Waals surface area contributed by atoms with Crippen LogP contribution in [0, 0.1) is 11.3 Å². The van der Waals surface area contributed by atoms with E-state index >= 15 is 0 Å². The van der Waals surface area contributed by atoms with E-state index in [1.54, 1.807) is 12.1 Å². The van der Waals surface area contributed by atoms with E-state index in [2.05, 4.69) is 42.0 Å². The van der Waals surface area contributed by atoms with Crippen molar-refractivity contribution < 1.29 is 14.3 Å². The number of carbonyl (C=O) groups is 2. The number of carbonyl (C=O) groups excluding carboxylic acids is 2. The third-order valence-corrected chi connectivity index (χ3v) is 7.65. The minimum atomic E-state index is -0.379. The number of amides is 1. The number of methoxy groups -OCH3 is 1. The zero-order valence-corrected chi connectivity index (χ0v) is 19.1. The minimum Gasteiger partial charge on any atom is -0.465 e. The van der Waals surface area contributed by atoms with E-state index in [1.165, 1.54) is 23.3 Å². The van der Waals surface area contributed by atoms with Crippen molar-refractivity contribution in [2.45, 2.75) is 46.5 Å². The van der Waals surface area contributed by atoms with Crippen molar-refractivity contribution >= 4 is 44.1 Å². The Bertz CT molecular complexity index is 903. The summed E-state index contributed by atoms with van der Waals surface area (Å²) in [7, 11) is 1.39. The Hall–Kier alpha value is -1.66. The molecule has 0 radical (unpaired) electrons. The van der Waals surface area contributed by atoms with E-state index in [0.29, 0.717) is 22.0 Å². The number of anilines is 1. The highest BCUT2D eigenvalue weighted by Crippen LogP contribution is 2.45. The Labute approximate surface area is 178 Å². The van der Waals surface area contributed by atoms with Gasteiger partial charge in [-0.3, -0.25) is 4.79 Å². The van der Waals surface area contributed by atoms with E-state index in [9.17, 15) is 9.59 Å². The van der Waals surface area contributed by atoms with Gasteiger partial charge in [-0.1, -0.05) is 49.2 Å². The Morgan fingerprint density at radius 1 is 1.36 bits per heavy atom. The topological polar surface area (TPSA) is 55.4 Å². The van der Waals surface area contributed by atoms with E-state index in [-0.39, 0.29) is 17.3 Å². The van der Waals surface area contributed by atoms with Gasteiger partial charge in [0.25, 0.3) is 5.91 Å². The first-order valence-electron chi connectivity index (χ1n) is 9.56. The molecule has 0 spiro atoms. The molecule has 2 aromatic rings. The van der Waals surface area contributed by atoms with Crippen LogP contribution in [0.1, 0.15) is 64.8 Å². The van der Waals surface area contributed by atoms with Gasteiger partial charge in [-0.2, -0.15) is 0 Å². The number of thiophene rings is 1. The van der Waals surface area contributed by atoms with Crippen molar-refractivity contribution in [1.82, 2.24) is 0 Å². The SMILES string of the molecule is CCC(C)(C)C1CCc2c(sc(NC(=O)c3cccc(Br)c3)c2C(=O)OC)C1. The van der Waals surface area contributed by atoms with Crippen LogP contribution in [0.2, 0.25) is 0 Å². The zero-order valence-electron chi connectivity index (χ0n) is 16.7. The lowest BCUT2D eigenvalue weighted by Crippen LogP contribution is -2.28. The third-order valence-electron chi connectivity index (χ3n) is 5.99. The van der Waals surface area contributed by atoms with E-state index in [1.807, 2.05) is 12.1 Å². The Morgan fingerprint density at radius 3 is 2.75 bits per heavy atom. The van der Waals surface area contributed by atoms with Gasteiger partial charge in [0.05, 0.1) is 12.7 Å². The van der Waals surface area contributed by atoms with Gasteiger partial charge < -0.3 is 10.1 Å². The smallest absolute Gasteiger partial charge is 0.341 e. The quantitative estimate of drug-likeness (QED) is 0.545. The first kappa shape index (κ1) is 21.1. The van der Waals surface area contributed by atoms with Crippen LogP contribution in [0.3, 0.4) is 0 Å². The number of esters is 1. The Balaban J connectivity index is 1.94. The van der Waals surface area contributed by atoms with Crippen molar-refractivity contribution in [2.24, 2.45) is 11.3 Å². The molecule has 0 saturated carbocycles. The second kappa shape index (κ2) is 8.37. The van der Waals surface area contributed by atoms with E-state index in [4.69, 9.17) is 4.74 Å². The van der Waals surface area contributed by atoms with Crippen molar-refractivity contribution in [3.05, 3.63) is 50.3 Å². The van der Waals surface area contributed by atoms with Crippen LogP contribution in [0.15, 0.2) is 28.7 Å². The molecule has 0 bridgehead atoms. The largest absolute Gasteiger partial charge is 0.465 e. The maximum absolute atomic E-state index is 12.7. The molecule has 6 heteroatoms. The van der Waals surface area contributed by atoms with E-state index in [0.717, 1.165) is 35.7 Å². The minimum absolute atomic E-state index is 0.226. The van der Waals surface area contributed by atoms with Crippen LogP contribution < -0.4 is 5.32 Å². The van der Waals surface area contributed by atoms with Crippen LogP contribution in [0.4, 0.5) is 5.00 Å². The van der Waals surface area contributed by atoms with Gasteiger partial charge >= 0.3 is 5.97 Å². The van der Waals surface area contributed by atoms with Gasteiger partial charge in [0.1, 0.15) is 5.00 Å². The highest BCUT2D eigenvalue weighted by atomic mass is 79.9. The van der Waals surface area contributed by atoms with Crippen molar-refractivity contribution in [2.75, 3.05) is 12.4 Å². The monoisotopic (exact) mass is 463 g/mol. The molecule has 4 nitrogen and oxygen atoms in total. The summed E-state index contributed by atoms with van der Waals surface area (Å²) in [6.07, 6.45) is 3.96. The molecule has 1 amide bonds. The summed E-state index contributed by atoms with van der Waals surface area (Å²) < 4.78 is 5.87. The number of halogens is 1. The zero-order chi connectivity index (χ0) is 20.5. The molecule has 1 unspecified atom stereocenters. The first-order valence-corrected chi connectivity index (χ1v) is 11.2. The van der Waals surface area contributed by atoms with Gasteiger partial charge in [0, 0.05) is 14.9 Å². The summed E-state index contributed by atoms with van der Waals surface area (Å²) in [6.45, 7) is 6.86. The molecule has 0 aliphatic heterocycles. The highest BCUT2D eigenvalue weighted by molar-refractivity contribution is 9.10. The molecule has 28 heavy (non-hydrogen) atoms. The summed E-state index contributed by atoms with van der Waals surface area (Å²) >= 11 is 4.91. The number of fused-ring (bicyclic) bond motifs is 1. The lowest BCUT2D eigenvalue weighted by atomic mass is 9.69. The Morgan fingerprint density at radius 2 is 2.11 bits per heavy atom. The second-order valence-electron chi connectivity index (χ2n) is 7.95. The summed E-state index contributed by atoms with van der Waals surface area (Å²) in [5.41, 5.74) is 2.37. The van der Waals surface area contributed by atoms with Crippen molar-refractivity contribution in [3.8, 4) is 0 Å². The van der Waals surface area contributed by atoms with Crippen LogP contribution in [-0.2, 0) is 17.6 Å². The highest BCUT2D eigenvalue weighted by Gasteiger charge is 2.35. The molecule has 1 N–H and O–H groups in total. The van der Waals surface area contributed by atoms with Crippen LogP contribution in [-0.4, -0.2) is 19.0 Å². The fraction of sp³-hybridized carbons (Fsp3) is 0.455. The number of nitrogens with one attached hydrogen (secondary N) is 1. The lowest BCUT2D eigenvalue weighted by Gasteiger charge is -2.36. The molecular formula is C22H26BrNO3S. The number of benzene rings is 1. The van der Waals surface area contributed by atoms with Crippen LogP contribution >= 0.6 is 27.3 Å². The van der Waals surface area contributed by atoms with Crippen molar-refractivity contribution in [3.63, 3.8) is 0 Å². The molecule has 1 aliphatic rings. The van der Waals surface area contributed by atoms with Gasteiger partial charge in [-0.15, -0.1) is 11.3 Å². The fourth-order valence-corrected chi connectivity index (χ4v) is 5.46. The molecule has 0 saturated heterocycles. The normalized spacial score (nSPS) is 16.4. The molecule has 150 valence electrons. The molecule has 1 aromatic carbocycles. The predicted molar refractivity (Wildman–Crippen MR) is 117 cm³/mol. The Kier molecular flexibility index (Phi) is 6.30. The van der Waals surface area contributed by atoms with Crippen LogP contribution in [0.5, 0.6) is 0 Å². The molecular weight excluding hydrogens is 438 g/mol. The maximum atomic E-state index is 12.7. The lowest BCUT2D eigenvalue weighted by molar-refractivity contribution is 0.0600. The first-order chi connectivity index (χ1) is 13.3. The van der Waals surface area contributed by atoms with Gasteiger partial charge in [0.15, 0.2) is 0 Å². The maximum Gasteiger partial charge on any atom is 0.341 e. The van der Waals surface area contributed by atoms with Crippen LogP contribution in [0.25, 0.3) is 0 Å². The molecule has 1 aromatic heterocycles. The fourth-order valence-electron chi connectivity index (χ4n) is 3.75. The molecule has 0 fully saturated rings.